The number of aryl methyl sites for hydroxylation is 1. The number of nitrogens with one attached hydrogen (secondary N) is 1. The molecule has 2 saturated heterocycles. The number of nitrogens with zero attached hydrogens (tertiary/aromatic N) is 3. The molecule has 2 aliphatic heterocycles. The smallest absolute Gasteiger partial charge is 0.160 e. The van der Waals surface area contributed by atoms with Gasteiger partial charge in [-0.05, 0) is 47.4 Å². The Morgan fingerprint density at radius 2 is 1.79 bits per heavy atom. The van der Waals surface area contributed by atoms with Crippen molar-refractivity contribution in [2.24, 2.45) is 0 Å². The molecule has 2 aliphatic rings. The number of aromatic nitrogens is 2. The van der Waals surface area contributed by atoms with E-state index in [1.54, 1.807) is 12.1 Å². The second kappa shape index (κ2) is 7.63. The van der Waals surface area contributed by atoms with Crippen LogP contribution >= 0.6 is 0 Å². The molecule has 0 saturated carbocycles. The van der Waals surface area contributed by atoms with Crippen molar-refractivity contribution < 1.29 is 13.9 Å². The molecule has 33 heavy (non-hydrogen) atoms. The van der Waals surface area contributed by atoms with Crippen LogP contribution in [-0.4, -0.2) is 40.2 Å². The molecular weight excluding hydrogens is 422 g/mol. The highest BCUT2D eigenvalue weighted by Crippen LogP contribution is 2.40. The maximum absolute atomic E-state index is 16.1. The number of phenols is 1. The second-order valence-corrected chi connectivity index (χ2v) is 9.02. The lowest BCUT2D eigenvalue weighted by atomic mass is 9.95. The minimum absolute atomic E-state index is 0.0449. The van der Waals surface area contributed by atoms with Crippen LogP contribution in [0, 0.1) is 11.6 Å². The SMILES string of the molecule is CCc1nc(N2CC3CCC(C2)N3)c2cc(F)c(-c3cc(O)cc4ccccc34)c(F)c2n1. The van der Waals surface area contributed by atoms with Crippen molar-refractivity contribution in [1.29, 1.82) is 0 Å². The van der Waals surface area contributed by atoms with Crippen LogP contribution in [0.15, 0.2) is 42.5 Å². The minimum atomic E-state index is -0.725. The van der Waals surface area contributed by atoms with Crippen molar-refractivity contribution in [3.8, 4) is 16.9 Å². The van der Waals surface area contributed by atoms with E-state index < -0.39 is 11.6 Å². The Morgan fingerprint density at radius 3 is 2.55 bits per heavy atom. The van der Waals surface area contributed by atoms with Gasteiger partial charge >= 0.3 is 0 Å². The fraction of sp³-hybridized carbons (Fsp3) is 0.308. The van der Waals surface area contributed by atoms with Crippen molar-refractivity contribution in [2.75, 3.05) is 18.0 Å². The van der Waals surface area contributed by atoms with E-state index in [0.717, 1.165) is 25.9 Å². The zero-order valence-corrected chi connectivity index (χ0v) is 18.3. The highest BCUT2D eigenvalue weighted by Gasteiger charge is 2.34. The van der Waals surface area contributed by atoms with Gasteiger partial charge in [0, 0.05) is 37.0 Å². The van der Waals surface area contributed by atoms with E-state index in [4.69, 9.17) is 4.98 Å². The van der Waals surface area contributed by atoms with Crippen LogP contribution < -0.4 is 10.2 Å². The summed E-state index contributed by atoms with van der Waals surface area (Å²) in [6.07, 6.45) is 2.74. The highest BCUT2D eigenvalue weighted by molar-refractivity contribution is 6.01. The molecule has 3 heterocycles. The molecule has 0 amide bonds. The van der Waals surface area contributed by atoms with E-state index in [9.17, 15) is 5.11 Å². The lowest BCUT2D eigenvalue weighted by Crippen LogP contribution is -2.51. The Kier molecular flexibility index (Phi) is 4.69. The molecule has 6 rings (SSSR count). The maximum Gasteiger partial charge on any atom is 0.160 e. The molecule has 7 heteroatoms. The maximum atomic E-state index is 16.1. The number of hydrogen-bond donors (Lipinski definition) is 2. The summed E-state index contributed by atoms with van der Waals surface area (Å²) in [7, 11) is 0. The first kappa shape index (κ1) is 20.3. The number of rotatable bonds is 3. The molecule has 5 nitrogen and oxygen atoms in total. The molecule has 0 radical (unpaired) electrons. The van der Waals surface area contributed by atoms with Crippen LogP contribution in [-0.2, 0) is 6.42 Å². The average Bonchev–Trinajstić information content (AvgIpc) is 3.15. The number of hydrogen-bond acceptors (Lipinski definition) is 5. The number of fused-ring (bicyclic) bond motifs is 4. The Labute approximate surface area is 190 Å². The molecular formula is C26H24F2N4O. The van der Waals surface area contributed by atoms with Gasteiger partial charge in [0.05, 0.1) is 5.56 Å². The number of piperazine rings is 1. The predicted molar refractivity (Wildman–Crippen MR) is 126 cm³/mol. The first-order chi connectivity index (χ1) is 16.0. The van der Waals surface area contributed by atoms with Crippen LogP contribution in [0.2, 0.25) is 0 Å². The summed E-state index contributed by atoms with van der Waals surface area (Å²) in [5.41, 5.74) is 0.245. The Bertz CT molecular complexity index is 1390. The quantitative estimate of drug-likeness (QED) is 0.467. The zero-order valence-electron chi connectivity index (χ0n) is 18.3. The first-order valence-electron chi connectivity index (χ1n) is 11.4. The number of anilines is 1. The van der Waals surface area contributed by atoms with Gasteiger partial charge in [-0.1, -0.05) is 31.2 Å². The van der Waals surface area contributed by atoms with E-state index in [1.165, 1.54) is 12.1 Å². The van der Waals surface area contributed by atoms with E-state index in [2.05, 4.69) is 15.2 Å². The second-order valence-electron chi connectivity index (χ2n) is 9.02. The Hall–Kier alpha value is -3.32. The van der Waals surface area contributed by atoms with Gasteiger partial charge in [0.15, 0.2) is 5.82 Å². The fourth-order valence-corrected chi connectivity index (χ4v) is 5.34. The van der Waals surface area contributed by atoms with Gasteiger partial charge in [-0.3, -0.25) is 0 Å². The highest BCUT2D eigenvalue weighted by atomic mass is 19.1. The summed E-state index contributed by atoms with van der Waals surface area (Å²) in [4.78, 5) is 11.3. The van der Waals surface area contributed by atoms with Gasteiger partial charge in [0.2, 0.25) is 0 Å². The molecule has 168 valence electrons. The number of halogens is 2. The van der Waals surface area contributed by atoms with Gasteiger partial charge in [-0.15, -0.1) is 0 Å². The molecule has 1 aromatic heterocycles. The monoisotopic (exact) mass is 446 g/mol. The zero-order chi connectivity index (χ0) is 22.7. The number of benzene rings is 3. The van der Waals surface area contributed by atoms with Crippen molar-refractivity contribution in [2.45, 2.75) is 38.3 Å². The van der Waals surface area contributed by atoms with Gasteiger partial charge in [-0.25, -0.2) is 18.7 Å². The Balaban J connectivity index is 1.60. The van der Waals surface area contributed by atoms with Crippen molar-refractivity contribution in [3.63, 3.8) is 0 Å². The average molecular weight is 447 g/mol. The predicted octanol–water partition coefficient (Wildman–Crippen LogP) is 4.94. The standard InChI is InChI=1S/C26H24F2N4O/c1-2-22-30-25-20(26(31-22)32-12-15-7-8-16(13-32)29-15)11-21(27)23(24(25)28)19-10-17(33)9-14-5-3-4-6-18(14)19/h3-6,9-11,15-16,29,33H,2,7-8,12-13H2,1H3. The molecule has 2 bridgehead atoms. The molecule has 2 atom stereocenters. The molecule has 2 N–H and O–H groups in total. The molecule has 3 aromatic carbocycles. The summed E-state index contributed by atoms with van der Waals surface area (Å²) in [5, 5.41) is 15.6. The van der Waals surface area contributed by atoms with Gasteiger partial charge < -0.3 is 15.3 Å². The van der Waals surface area contributed by atoms with Crippen molar-refractivity contribution in [3.05, 3.63) is 59.9 Å². The topological polar surface area (TPSA) is 61.3 Å². The summed E-state index contributed by atoms with van der Waals surface area (Å²) in [5.74, 6) is -0.336. The van der Waals surface area contributed by atoms with Crippen LogP contribution in [0.4, 0.5) is 14.6 Å². The van der Waals surface area contributed by atoms with E-state index in [-0.39, 0.29) is 16.8 Å². The van der Waals surface area contributed by atoms with Crippen molar-refractivity contribution in [1.82, 2.24) is 15.3 Å². The summed E-state index contributed by atoms with van der Waals surface area (Å²) in [6, 6.07) is 12.3. The summed E-state index contributed by atoms with van der Waals surface area (Å²) in [6.45, 7) is 3.44. The molecule has 2 unspecified atom stereocenters. The lowest BCUT2D eigenvalue weighted by molar-refractivity contribution is 0.464. The van der Waals surface area contributed by atoms with Gasteiger partial charge in [0.1, 0.15) is 28.7 Å². The van der Waals surface area contributed by atoms with E-state index >= 15 is 8.78 Å². The van der Waals surface area contributed by atoms with Gasteiger partial charge in [0.25, 0.3) is 0 Å². The number of phenolic OH excluding ortho intramolecular Hbond substituents is 1. The molecule has 2 fully saturated rings. The van der Waals surface area contributed by atoms with Crippen LogP contribution in [0.25, 0.3) is 32.8 Å². The molecule has 0 aliphatic carbocycles. The molecule has 4 aromatic rings. The minimum Gasteiger partial charge on any atom is -0.508 e. The third-order valence-corrected chi connectivity index (χ3v) is 6.86. The third-order valence-electron chi connectivity index (χ3n) is 6.86. The van der Waals surface area contributed by atoms with Crippen molar-refractivity contribution >= 4 is 27.5 Å². The fourth-order valence-electron chi connectivity index (χ4n) is 5.34. The first-order valence-corrected chi connectivity index (χ1v) is 11.4. The van der Waals surface area contributed by atoms with E-state index in [1.807, 2.05) is 25.1 Å². The third kappa shape index (κ3) is 3.30. The molecule has 0 spiro atoms. The summed E-state index contributed by atoms with van der Waals surface area (Å²) >= 11 is 0. The van der Waals surface area contributed by atoms with E-state index in [0.29, 0.717) is 51.9 Å². The normalized spacial score (nSPS) is 20.2. The van der Waals surface area contributed by atoms with Crippen LogP contribution in [0.5, 0.6) is 5.75 Å². The largest absolute Gasteiger partial charge is 0.508 e. The van der Waals surface area contributed by atoms with Crippen LogP contribution in [0.1, 0.15) is 25.6 Å². The van der Waals surface area contributed by atoms with Gasteiger partial charge in [-0.2, -0.15) is 0 Å². The lowest BCUT2D eigenvalue weighted by Gasteiger charge is -2.34. The number of aromatic hydroxyl groups is 1. The Morgan fingerprint density at radius 1 is 1.03 bits per heavy atom. The van der Waals surface area contributed by atoms with Crippen LogP contribution in [0.3, 0.4) is 0 Å². The summed E-state index contributed by atoms with van der Waals surface area (Å²) < 4.78 is 31.7.